The number of piperazine rings is 1. The van der Waals surface area contributed by atoms with Crippen LogP contribution in [-0.2, 0) is 0 Å². The third-order valence-corrected chi connectivity index (χ3v) is 3.76. The molecule has 1 saturated heterocycles. The molecular weight excluding hydrogens is 244 g/mol. The minimum absolute atomic E-state index is 0. The zero-order chi connectivity index (χ0) is 12.5. The number of rotatable bonds is 1. The largest absolute Gasteiger partial charge is 0.634 e. The molecular formula is C14H18N2O3. The Hall–Kier alpha value is -1.50. The Morgan fingerprint density at radius 3 is 2.53 bits per heavy atom. The average Bonchev–Trinajstić information content (AvgIpc) is 2.44. The van der Waals surface area contributed by atoms with Crippen LogP contribution in [0.15, 0.2) is 54.3 Å². The zero-order valence-electron chi connectivity index (χ0n) is 10.5. The van der Waals surface area contributed by atoms with E-state index in [1.54, 1.807) is 0 Å². The summed E-state index contributed by atoms with van der Waals surface area (Å²) in [5.74, 6) is 0. The summed E-state index contributed by atoms with van der Waals surface area (Å²) >= 11 is 0. The molecule has 0 spiro atoms. The molecule has 4 unspecified atom stereocenters. The van der Waals surface area contributed by atoms with E-state index < -0.39 is 0 Å². The first kappa shape index (κ1) is 13.9. The van der Waals surface area contributed by atoms with Crippen LogP contribution in [0.4, 0.5) is 0 Å². The summed E-state index contributed by atoms with van der Waals surface area (Å²) in [6, 6.07) is 9.12. The predicted octanol–water partition coefficient (Wildman–Crippen LogP) is -1.11. The van der Waals surface area contributed by atoms with E-state index in [1.807, 2.05) is 48.6 Å². The second kappa shape index (κ2) is 5.64. The number of benzene rings is 1. The maximum Gasteiger partial charge on any atom is 0.167 e. The first-order chi connectivity index (χ1) is 8.77. The van der Waals surface area contributed by atoms with Crippen LogP contribution in [0, 0.1) is 10.4 Å². The highest BCUT2D eigenvalue weighted by Crippen LogP contribution is 2.15. The van der Waals surface area contributed by atoms with Crippen LogP contribution in [0.5, 0.6) is 0 Å². The zero-order valence-corrected chi connectivity index (χ0v) is 10.5. The lowest BCUT2D eigenvalue weighted by Gasteiger charge is -2.46. The molecule has 1 aromatic rings. The van der Waals surface area contributed by atoms with Gasteiger partial charge in [0, 0.05) is 18.1 Å². The summed E-state index contributed by atoms with van der Waals surface area (Å²) in [4.78, 5) is 0. The van der Waals surface area contributed by atoms with Crippen LogP contribution < -0.4 is 10.1 Å². The fourth-order valence-electron chi connectivity index (χ4n) is 2.78. The van der Waals surface area contributed by atoms with Gasteiger partial charge in [0.1, 0.15) is 6.54 Å². The molecule has 3 rings (SSSR count). The Morgan fingerprint density at radius 1 is 1.05 bits per heavy atom. The minimum atomic E-state index is -0.285. The molecule has 4 N–H and O–H groups in total. The van der Waals surface area contributed by atoms with Gasteiger partial charge < -0.3 is 26.0 Å². The lowest BCUT2D eigenvalue weighted by Crippen LogP contribution is -3.25. The number of hydroxylamine groups is 4. The molecule has 1 aliphatic heterocycles. The van der Waals surface area contributed by atoms with E-state index in [0.717, 1.165) is 5.56 Å². The van der Waals surface area contributed by atoms with E-state index in [-0.39, 0.29) is 27.7 Å². The SMILES string of the molecule is O.[O-][NH+]1CC(c2ccccc2)[NH+]([O-])C2=CC=CCC21. The highest BCUT2D eigenvalue weighted by molar-refractivity contribution is 5.21. The van der Waals surface area contributed by atoms with Crippen molar-refractivity contribution in [3.63, 3.8) is 0 Å². The second-order valence-corrected chi connectivity index (χ2v) is 4.84. The van der Waals surface area contributed by atoms with E-state index in [0.29, 0.717) is 18.7 Å². The number of fused-ring (bicyclic) bond motifs is 1. The van der Waals surface area contributed by atoms with Crippen molar-refractivity contribution in [2.75, 3.05) is 6.54 Å². The van der Waals surface area contributed by atoms with Crippen LogP contribution in [0.2, 0.25) is 0 Å². The summed E-state index contributed by atoms with van der Waals surface area (Å²) < 4.78 is 0. The number of allylic oxidation sites excluding steroid dienone is 2. The molecule has 1 fully saturated rings. The van der Waals surface area contributed by atoms with Gasteiger partial charge in [0.2, 0.25) is 0 Å². The third kappa shape index (κ3) is 2.47. The van der Waals surface area contributed by atoms with Gasteiger partial charge in [-0.2, -0.15) is 0 Å². The van der Waals surface area contributed by atoms with Crippen molar-refractivity contribution < 1.29 is 15.6 Å². The summed E-state index contributed by atoms with van der Waals surface area (Å²) in [7, 11) is 0. The highest BCUT2D eigenvalue weighted by atomic mass is 16.5. The third-order valence-electron chi connectivity index (χ3n) is 3.76. The van der Waals surface area contributed by atoms with Gasteiger partial charge in [-0.1, -0.05) is 42.5 Å². The Morgan fingerprint density at radius 2 is 1.79 bits per heavy atom. The molecule has 1 aliphatic carbocycles. The van der Waals surface area contributed by atoms with Crippen LogP contribution >= 0.6 is 0 Å². The van der Waals surface area contributed by atoms with Crippen molar-refractivity contribution in [2.24, 2.45) is 0 Å². The van der Waals surface area contributed by atoms with Crippen molar-refractivity contribution in [3.8, 4) is 0 Å². The van der Waals surface area contributed by atoms with Gasteiger partial charge in [-0.05, 0) is 0 Å². The topological polar surface area (TPSA) is 86.5 Å². The van der Waals surface area contributed by atoms with E-state index in [9.17, 15) is 10.4 Å². The molecule has 0 aromatic heterocycles. The first-order valence-electron chi connectivity index (χ1n) is 6.26. The molecule has 5 nitrogen and oxygen atoms in total. The number of nitrogens with one attached hydrogen (secondary N) is 2. The van der Waals surface area contributed by atoms with Crippen LogP contribution in [0.3, 0.4) is 0 Å². The Labute approximate surface area is 111 Å². The van der Waals surface area contributed by atoms with Gasteiger partial charge in [0.25, 0.3) is 0 Å². The van der Waals surface area contributed by atoms with Gasteiger partial charge in [0.05, 0.1) is 0 Å². The average molecular weight is 262 g/mol. The lowest BCUT2D eigenvalue weighted by molar-refractivity contribution is -0.979. The Kier molecular flexibility index (Phi) is 4.14. The van der Waals surface area contributed by atoms with Crippen molar-refractivity contribution in [3.05, 3.63) is 70.2 Å². The molecule has 2 aliphatic rings. The molecule has 4 atom stereocenters. The molecule has 19 heavy (non-hydrogen) atoms. The minimum Gasteiger partial charge on any atom is -0.634 e. The van der Waals surface area contributed by atoms with Crippen molar-refractivity contribution in [1.82, 2.24) is 0 Å². The molecule has 1 heterocycles. The molecule has 0 bridgehead atoms. The molecule has 0 amide bonds. The van der Waals surface area contributed by atoms with Crippen LogP contribution in [0.25, 0.3) is 0 Å². The number of quaternary nitrogens is 2. The molecule has 0 radical (unpaired) electrons. The van der Waals surface area contributed by atoms with Gasteiger partial charge in [-0.25, -0.2) is 0 Å². The van der Waals surface area contributed by atoms with Gasteiger partial charge >= 0.3 is 0 Å². The monoisotopic (exact) mass is 262 g/mol. The van der Waals surface area contributed by atoms with Gasteiger partial charge in [0.15, 0.2) is 17.8 Å². The number of hydrogen-bond donors (Lipinski definition) is 2. The quantitative estimate of drug-likeness (QED) is 0.629. The van der Waals surface area contributed by atoms with Crippen LogP contribution in [0.1, 0.15) is 18.0 Å². The van der Waals surface area contributed by atoms with Crippen molar-refractivity contribution in [2.45, 2.75) is 18.5 Å². The lowest BCUT2D eigenvalue weighted by atomic mass is 9.96. The Bertz CT molecular complexity index is 487. The fraction of sp³-hybridized carbons (Fsp3) is 0.286. The van der Waals surface area contributed by atoms with E-state index in [1.165, 1.54) is 0 Å². The maximum atomic E-state index is 12.5. The maximum absolute atomic E-state index is 12.5. The molecule has 5 heteroatoms. The number of hydrogen-bond acceptors (Lipinski definition) is 2. The van der Waals surface area contributed by atoms with Crippen molar-refractivity contribution in [1.29, 1.82) is 0 Å². The summed E-state index contributed by atoms with van der Waals surface area (Å²) in [5.41, 5.74) is 1.65. The highest BCUT2D eigenvalue weighted by Gasteiger charge is 2.39. The molecule has 1 aromatic carbocycles. The normalized spacial score (nSPS) is 33.1. The van der Waals surface area contributed by atoms with Crippen molar-refractivity contribution >= 4 is 0 Å². The summed E-state index contributed by atoms with van der Waals surface area (Å²) in [5, 5.41) is 24.9. The smallest absolute Gasteiger partial charge is 0.167 e. The van der Waals surface area contributed by atoms with E-state index in [2.05, 4.69) is 0 Å². The first-order valence-corrected chi connectivity index (χ1v) is 6.26. The van der Waals surface area contributed by atoms with E-state index in [4.69, 9.17) is 0 Å². The standard InChI is InChI=1S/C14H16N2O2.H2O/c17-15-10-14(11-6-2-1-3-7-11)16(18)13-9-5-4-8-12(13)15;/h1-7,9,12,14-16H,8,10H2;1H2. The van der Waals surface area contributed by atoms with Gasteiger partial charge in [-0.3, -0.25) is 0 Å². The second-order valence-electron chi connectivity index (χ2n) is 4.84. The summed E-state index contributed by atoms with van der Waals surface area (Å²) in [6.07, 6.45) is 6.33. The predicted molar refractivity (Wildman–Crippen MR) is 72.0 cm³/mol. The molecule has 0 saturated carbocycles. The molecule has 102 valence electrons. The Balaban J connectivity index is 0.00000133. The van der Waals surface area contributed by atoms with Gasteiger partial charge in [-0.15, -0.1) is 0 Å². The van der Waals surface area contributed by atoms with Crippen LogP contribution in [-0.4, -0.2) is 18.1 Å². The fourth-order valence-corrected chi connectivity index (χ4v) is 2.78. The summed E-state index contributed by atoms with van der Waals surface area (Å²) in [6.45, 7) is 0.346. The van der Waals surface area contributed by atoms with E-state index >= 15 is 0 Å².